The Morgan fingerprint density at radius 2 is 0.273 bits per heavy atom. The molecule has 55 heavy (non-hydrogen) atoms. The first-order chi connectivity index (χ1) is 23.9. The van der Waals surface area contributed by atoms with Crippen molar-refractivity contribution in [2.75, 3.05) is 0 Å². The molecule has 0 amide bonds. The summed E-state index contributed by atoms with van der Waals surface area (Å²) < 4.78 is 0. The largest absolute Gasteiger partial charge is 0.0776 e. The van der Waals surface area contributed by atoms with E-state index in [4.69, 9.17) is 0 Å². The van der Waals surface area contributed by atoms with E-state index in [-0.39, 0.29) is 52.0 Å². The number of benzene rings is 7. The van der Waals surface area contributed by atoms with Gasteiger partial charge < -0.3 is 0 Å². The fourth-order valence-corrected chi connectivity index (χ4v) is 3.91. The Morgan fingerprint density at radius 3 is 0.418 bits per heavy atom. The zero-order valence-electron chi connectivity index (χ0n) is 31.5. The first kappa shape index (κ1) is 71.5. The molecule has 7 rings (SSSR count). The lowest BCUT2D eigenvalue weighted by molar-refractivity contribution is 1.50. The van der Waals surface area contributed by atoms with Crippen molar-refractivity contribution in [2.45, 2.75) is 121 Å². The molecule has 0 unspecified atom stereocenters. The second kappa shape index (κ2) is 55.8. The molecule has 0 atom stereocenters. The Hall–Kier alpha value is -4.94. The normalized spacial score (nSPS) is 7.16. The predicted octanol–water partition coefficient (Wildman–Crippen LogP) is 20.3. The van der Waals surface area contributed by atoms with Crippen LogP contribution in [0, 0.1) is 0 Å². The molecule has 7 aromatic carbocycles. The summed E-state index contributed by atoms with van der Waals surface area (Å²) >= 11 is 0. The summed E-state index contributed by atoms with van der Waals surface area (Å²) in [5.74, 6) is 0. The van der Waals surface area contributed by atoms with Gasteiger partial charge in [-0.05, 0) is 32.7 Å². The first-order valence-electron chi connectivity index (χ1n) is 17.9. The SMILES string of the molecule is C.C.C.C.C.C.C.CC.CC.CC.CC.CC.c1ccc(-c2ccccc2)cc1.c1ccc2ccccc2c1.c1ccc2ccccc2c1.c1ccccc1. The Bertz CT molecular complexity index is 1320. The minimum absolute atomic E-state index is 0. The molecule has 0 radical (unpaired) electrons. The summed E-state index contributed by atoms with van der Waals surface area (Å²) in [6, 6.07) is 66.2. The van der Waals surface area contributed by atoms with E-state index < -0.39 is 0 Å². The molecule has 0 heterocycles. The molecule has 0 N–H and O–H groups in total. The third kappa shape index (κ3) is 33.4. The highest BCUT2D eigenvalue weighted by Crippen LogP contribution is 2.17. The van der Waals surface area contributed by atoms with E-state index in [1.807, 2.05) is 118 Å². The summed E-state index contributed by atoms with van der Waals surface area (Å²) in [6.45, 7) is 20.0. The lowest BCUT2D eigenvalue weighted by Crippen LogP contribution is -1.73. The van der Waals surface area contributed by atoms with Crippen LogP contribution in [0.25, 0.3) is 32.7 Å². The van der Waals surface area contributed by atoms with Gasteiger partial charge in [0.05, 0.1) is 0 Å². The molecule has 0 saturated heterocycles. The van der Waals surface area contributed by atoms with Gasteiger partial charge in [-0.25, -0.2) is 0 Å². The summed E-state index contributed by atoms with van der Waals surface area (Å²) in [7, 11) is 0. The summed E-state index contributed by atoms with van der Waals surface area (Å²) in [4.78, 5) is 0. The van der Waals surface area contributed by atoms with Crippen molar-refractivity contribution < 1.29 is 0 Å². The van der Waals surface area contributed by atoms with E-state index in [9.17, 15) is 0 Å². The molecule has 0 aliphatic heterocycles. The molecule has 0 nitrogen and oxygen atoms in total. The van der Waals surface area contributed by atoms with E-state index in [2.05, 4.69) is 146 Å². The summed E-state index contributed by atoms with van der Waals surface area (Å²) in [6.07, 6.45) is 0. The molecule has 0 fully saturated rings. The van der Waals surface area contributed by atoms with E-state index in [1.54, 1.807) is 0 Å². The summed E-state index contributed by atoms with van der Waals surface area (Å²) in [5, 5.41) is 5.24. The fraction of sp³-hybridized carbons (Fsp3) is 0.309. The highest BCUT2D eigenvalue weighted by molar-refractivity contribution is 5.82. The smallest absolute Gasteiger partial charge is 0.0184 e. The fourth-order valence-electron chi connectivity index (χ4n) is 3.91. The predicted molar refractivity (Wildman–Crippen MR) is 270 cm³/mol. The molecule has 0 aliphatic carbocycles. The van der Waals surface area contributed by atoms with E-state index >= 15 is 0 Å². The topological polar surface area (TPSA) is 0 Å². The average molecular weight is 751 g/mol. The van der Waals surface area contributed by atoms with Gasteiger partial charge in [0, 0.05) is 0 Å². The van der Waals surface area contributed by atoms with Crippen LogP contribution in [0.1, 0.15) is 121 Å². The van der Waals surface area contributed by atoms with Crippen molar-refractivity contribution in [3.63, 3.8) is 0 Å². The van der Waals surface area contributed by atoms with Crippen molar-refractivity contribution >= 4 is 21.5 Å². The number of fused-ring (bicyclic) bond motifs is 2. The van der Waals surface area contributed by atoms with Crippen LogP contribution in [0.5, 0.6) is 0 Å². The first-order valence-corrected chi connectivity index (χ1v) is 17.9. The number of hydrogen-bond donors (Lipinski definition) is 0. The number of hydrogen-bond acceptors (Lipinski definition) is 0. The minimum Gasteiger partial charge on any atom is -0.0776 e. The van der Waals surface area contributed by atoms with Gasteiger partial charge in [-0.1, -0.05) is 315 Å². The van der Waals surface area contributed by atoms with Crippen LogP contribution < -0.4 is 0 Å². The summed E-state index contributed by atoms with van der Waals surface area (Å²) in [5.41, 5.74) is 2.55. The van der Waals surface area contributed by atoms with Gasteiger partial charge in [0.25, 0.3) is 0 Å². The second-order valence-electron chi connectivity index (χ2n) is 8.58. The Balaban J connectivity index is -0.0000000662. The molecule has 0 aliphatic rings. The standard InChI is InChI=1S/C12H10.2C10H8.C6H6.5C2H6.7CH4/c1-3-7-11(8-4-1)12-9-5-2-6-10-12;2*1-2-6-10-8-4-3-7-9(10)5-1;1-2-4-6-5-3-1;5*1-2;;;;;;;/h1-10H;2*1-8H;1-6H;5*1-2H3;7*1H4. The van der Waals surface area contributed by atoms with Crippen LogP contribution in [-0.4, -0.2) is 0 Å². The van der Waals surface area contributed by atoms with Crippen LogP contribution in [-0.2, 0) is 0 Å². The maximum Gasteiger partial charge on any atom is -0.0184 e. The van der Waals surface area contributed by atoms with Crippen LogP contribution in [0.2, 0.25) is 0 Å². The molecule has 7 aromatic rings. The third-order valence-corrected chi connectivity index (χ3v) is 5.86. The molecule has 0 saturated carbocycles. The lowest BCUT2D eigenvalue weighted by atomic mass is 10.1. The van der Waals surface area contributed by atoms with Crippen molar-refractivity contribution in [1.29, 1.82) is 0 Å². The van der Waals surface area contributed by atoms with Crippen LogP contribution >= 0.6 is 0 Å². The molecule has 0 aromatic heterocycles. The van der Waals surface area contributed by atoms with Gasteiger partial charge in [0.2, 0.25) is 0 Å². The van der Waals surface area contributed by atoms with E-state index in [0.717, 1.165) is 0 Å². The van der Waals surface area contributed by atoms with Crippen molar-refractivity contribution in [1.82, 2.24) is 0 Å². The van der Waals surface area contributed by atoms with Gasteiger partial charge in [-0.3, -0.25) is 0 Å². The molecule has 0 bridgehead atoms. The Kier molecular flexibility index (Phi) is 72.5. The Labute approximate surface area is 346 Å². The minimum atomic E-state index is 0. The average Bonchev–Trinajstić information content (AvgIpc) is 3.24. The molecule has 310 valence electrons. The van der Waals surface area contributed by atoms with Crippen molar-refractivity contribution in [2.24, 2.45) is 0 Å². The van der Waals surface area contributed by atoms with Crippen LogP contribution in [0.3, 0.4) is 0 Å². The zero-order chi connectivity index (χ0) is 36.1. The van der Waals surface area contributed by atoms with E-state index in [1.165, 1.54) is 32.7 Å². The molecule has 0 heteroatoms. The molecular weight excluding hydrogens is 661 g/mol. The van der Waals surface area contributed by atoms with Gasteiger partial charge in [0.1, 0.15) is 0 Å². The highest BCUT2D eigenvalue weighted by Gasteiger charge is 1.92. The highest BCUT2D eigenvalue weighted by atomic mass is 14.0. The molecular formula is C55H90. The van der Waals surface area contributed by atoms with Gasteiger partial charge in [0.15, 0.2) is 0 Å². The number of rotatable bonds is 1. The Morgan fingerprint density at radius 1 is 0.164 bits per heavy atom. The van der Waals surface area contributed by atoms with Crippen molar-refractivity contribution in [3.8, 4) is 11.1 Å². The van der Waals surface area contributed by atoms with Crippen LogP contribution in [0.4, 0.5) is 0 Å². The third-order valence-electron chi connectivity index (χ3n) is 5.86. The maximum absolute atomic E-state index is 2.12. The van der Waals surface area contributed by atoms with Gasteiger partial charge >= 0.3 is 0 Å². The maximum atomic E-state index is 2.12. The second-order valence-corrected chi connectivity index (χ2v) is 8.58. The lowest BCUT2D eigenvalue weighted by Gasteiger charge is -1.98. The van der Waals surface area contributed by atoms with Gasteiger partial charge in [-0.2, -0.15) is 0 Å². The monoisotopic (exact) mass is 751 g/mol. The van der Waals surface area contributed by atoms with Gasteiger partial charge in [-0.15, -0.1) is 0 Å². The van der Waals surface area contributed by atoms with E-state index in [0.29, 0.717) is 0 Å². The quantitative estimate of drug-likeness (QED) is 0.157. The van der Waals surface area contributed by atoms with Crippen molar-refractivity contribution in [3.05, 3.63) is 194 Å². The molecule has 0 spiro atoms. The van der Waals surface area contributed by atoms with Crippen LogP contribution in [0.15, 0.2) is 194 Å². The zero-order valence-corrected chi connectivity index (χ0v) is 31.5.